The summed E-state index contributed by atoms with van der Waals surface area (Å²) in [6.07, 6.45) is 4.13. The highest BCUT2D eigenvalue weighted by atomic mass is 32.2. The second-order valence-electron chi connectivity index (χ2n) is 6.02. The molecule has 2 aromatic heterocycles. The summed E-state index contributed by atoms with van der Waals surface area (Å²) in [7, 11) is 0. The lowest BCUT2D eigenvalue weighted by atomic mass is 9.98. The molecule has 0 aliphatic heterocycles. The van der Waals surface area contributed by atoms with Crippen LogP contribution in [-0.4, -0.2) is 15.7 Å². The second-order valence-corrected chi connectivity index (χ2v) is 8.19. The first kappa shape index (κ1) is 17.9. The lowest BCUT2D eigenvalue weighted by molar-refractivity contribution is 0.977. The molecule has 1 aromatic carbocycles. The van der Waals surface area contributed by atoms with Crippen molar-refractivity contribution in [3.63, 3.8) is 0 Å². The van der Waals surface area contributed by atoms with Crippen LogP contribution in [0.15, 0.2) is 29.6 Å². The molecule has 0 amide bonds. The van der Waals surface area contributed by atoms with Crippen molar-refractivity contribution in [1.82, 2.24) is 9.97 Å². The lowest BCUT2D eigenvalue weighted by Gasteiger charge is -2.09. The van der Waals surface area contributed by atoms with E-state index in [1.807, 2.05) is 0 Å². The largest absolute Gasteiger partial charge is 0.229 e. The van der Waals surface area contributed by atoms with Gasteiger partial charge in [-0.15, -0.1) is 23.1 Å². The highest BCUT2D eigenvalue weighted by Crippen LogP contribution is 2.42. The molecule has 128 valence electrons. The molecule has 0 saturated heterocycles. The highest BCUT2D eigenvalue weighted by molar-refractivity contribution is 7.99. The van der Waals surface area contributed by atoms with E-state index in [9.17, 15) is 0 Å². The fourth-order valence-electron chi connectivity index (χ4n) is 2.83. The van der Waals surface area contributed by atoms with Gasteiger partial charge in [0.05, 0.1) is 11.5 Å². The van der Waals surface area contributed by atoms with Crippen LogP contribution in [0.5, 0.6) is 0 Å². The molecule has 3 nitrogen and oxygen atoms in total. The number of rotatable bonds is 6. The molecule has 0 aliphatic carbocycles. The average Bonchev–Trinajstić information content (AvgIpc) is 3.00. The molecule has 0 saturated carbocycles. The molecule has 3 aromatic rings. The molecule has 25 heavy (non-hydrogen) atoms. The van der Waals surface area contributed by atoms with Gasteiger partial charge in [-0.25, -0.2) is 9.97 Å². The molecule has 0 radical (unpaired) electrons. The maximum atomic E-state index is 8.73. The van der Waals surface area contributed by atoms with E-state index in [0.29, 0.717) is 6.42 Å². The summed E-state index contributed by atoms with van der Waals surface area (Å²) in [6.45, 7) is 6.50. The smallest absolute Gasteiger partial charge is 0.128 e. The van der Waals surface area contributed by atoms with E-state index in [2.05, 4.69) is 55.0 Å². The van der Waals surface area contributed by atoms with E-state index in [4.69, 9.17) is 5.26 Å². The Morgan fingerprint density at radius 3 is 2.76 bits per heavy atom. The molecule has 0 unspecified atom stereocenters. The maximum Gasteiger partial charge on any atom is 0.128 e. The van der Waals surface area contributed by atoms with E-state index in [-0.39, 0.29) is 0 Å². The molecule has 0 bridgehead atoms. The highest BCUT2D eigenvalue weighted by Gasteiger charge is 2.18. The first-order valence-electron chi connectivity index (χ1n) is 8.49. The SMILES string of the molecule is CCc1sc2ncnc(SCCCC#N)c2c1-c1ccc(C)c(C)c1. The summed E-state index contributed by atoms with van der Waals surface area (Å²) >= 11 is 3.50. The zero-order valence-corrected chi connectivity index (χ0v) is 16.4. The van der Waals surface area contributed by atoms with Crippen molar-refractivity contribution in [2.24, 2.45) is 0 Å². The predicted molar refractivity (Wildman–Crippen MR) is 107 cm³/mol. The van der Waals surface area contributed by atoms with Gasteiger partial charge in [0.25, 0.3) is 0 Å². The standard InChI is InChI=1S/C20H21N3S2/c1-4-16-17(15-8-7-13(2)14(3)11-15)18-19(24-10-6-5-9-21)22-12-23-20(18)25-16/h7-8,11-12H,4-6,10H2,1-3H3. The maximum absolute atomic E-state index is 8.73. The van der Waals surface area contributed by atoms with E-state index in [0.717, 1.165) is 28.5 Å². The first-order valence-corrected chi connectivity index (χ1v) is 10.3. The average molecular weight is 368 g/mol. The Morgan fingerprint density at radius 2 is 2.04 bits per heavy atom. The number of hydrogen-bond donors (Lipinski definition) is 0. The van der Waals surface area contributed by atoms with Crippen molar-refractivity contribution in [2.75, 3.05) is 5.75 Å². The Balaban J connectivity index is 2.12. The Bertz CT molecular complexity index is 938. The number of aryl methyl sites for hydroxylation is 3. The Hall–Kier alpha value is -1.90. The van der Waals surface area contributed by atoms with Gasteiger partial charge in [-0.1, -0.05) is 25.1 Å². The minimum absolute atomic E-state index is 0.592. The van der Waals surface area contributed by atoms with Gasteiger partial charge < -0.3 is 0 Å². The topological polar surface area (TPSA) is 49.6 Å². The quantitative estimate of drug-likeness (QED) is 0.308. The normalized spacial score (nSPS) is 11.0. The minimum atomic E-state index is 0.592. The Kier molecular flexibility index (Phi) is 5.72. The zero-order chi connectivity index (χ0) is 17.8. The van der Waals surface area contributed by atoms with Crippen molar-refractivity contribution in [2.45, 2.75) is 45.1 Å². The van der Waals surface area contributed by atoms with Crippen LogP contribution in [0.4, 0.5) is 0 Å². The molecule has 0 atom stereocenters. The van der Waals surface area contributed by atoms with Crippen LogP contribution in [-0.2, 0) is 6.42 Å². The van der Waals surface area contributed by atoms with Crippen molar-refractivity contribution in [3.05, 3.63) is 40.5 Å². The zero-order valence-electron chi connectivity index (χ0n) is 14.8. The van der Waals surface area contributed by atoms with Gasteiger partial charge in [-0.3, -0.25) is 0 Å². The van der Waals surface area contributed by atoms with Gasteiger partial charge in [0.2, 0.25) is 0 Å². The summed E-state index contributed by atoms with van der Waals surface area (Å²) in [5.41, 5.74) is 5.15. The number of thiophene rings is 1. The number of unbranched alkanes of at least 4 members (excludes halogenated alkanes) is 1. The van der Waals surface area contributed by atoms with Crippen molar-refractivity contribution < 1.29 is 0 Å². The van der Waals surface area contributed by atoms with Crippen LogP contribution in [0.1, 0.15) is 35.8 Å². The van der Waals surface area contributed by atoms with Crippen LogP contribution in [0.25, 0.3) is 21.3 Å². The monoisotopic (exact) mass is 367 g/mol. The van der Waals surface area contributed by atoms with Crippen LogP contribution in [0, 0.1) is 25.2 Å². The van der Waals surface area contributed by atoms with Crippen LogP contribution in [0.2, 0.25) is 0 Å². The fraction of sp³-hybridized carbons (Fsp3) is 0.350. The van der Waals surface area contributed by atoms with Crippen LogP contribution >= 0.6 is 23.1 Å². The summed E-state index contributed by atoms with van der Waals surface area (Å²) in [5.74, 6) is 0.906. The molecule has 0 spiro atoms. The number of nitriles is 1. The van der Waals surface area contributed by atoms with Crippen LogP contribution < -0.4 is 0 Å². The third-order valence-corrected chi connectivity index (χ3v) is 6.63. The third kappa shape index (κ3) is 3.70. The number of hydrogen-bond acceptors (Lipinski definition) is 5. The number of nitrogens with zero attached hydrogens (tertiary/aromatic N) is 3. The summed E-state index contributed by atoms with van der Waals surface area (Å²) in [5, 5.41) is 10.9. The number of thioether (sulfide) groups is 1. The van der Waals surface area contributed by atoms with Crippen LogP contribution in [0.3, 0.4) is 0 Å². The number of fused-ring (bicyclic) bond motifs is 1. The van der Waals surface area contributed by atoms with E-state index < -0.39 is 0 Å². The summed E-state index contributed by atoms with van der Waals surface area (Å²) in [4.78, 5) is 11.5. The molecule has 0 aliphatic rings. The van der Waals surface area contributed by atoms with Crippen molar-refractivity contribution in [3.8, 4) is 17.2 Å². The van der Waals surface area contributed by atoms with Gasteiger partial charge in [0, 0.05) is 22.6 Å². The molecular weight excluding hydrogens is 346 g/mol. The molecule has 5 heteroatoms. The van der Waals surface area contributed by atoms with Crippen molar-refractivity contribution in [1.29, 1.82) is 5.26 Å². The molecule has 2 heterocycles. The van der Waals surface area contributed by atoms with E-state index in [1.165, 1.54) is 32.5 Å². The Morgan fingerprint density at radius 1 is 1.20 bits per heavy atom. The second kappa shape index (κ2) is 7.99. The Labute approximate surface area is 157 Å². The van der Waals surface area contributed by atoms with Gasteiger partial charge in [-0.2, -0.15) is 5.26 Å². The van der Waals surface area contributed by atoms with E-state index in [1.54, 1.807) is 29.4 Å². The lowest BCUT2D eigenvalue weighted by Crippen LogP contribution is -1.90. The van der Waals surface area contributed by atoms with Gasteiger partial charge in [0.1, 0.15) is 16.2 Å². The molecular formula is C20H21N3S2. The first-order chi connectivity index (χ1) is 12.2. The number of benzene rings is 1. The predicted octanol–water partition coefficient (Wildman–Crippen LogP) is 5.93. The minimum Gasteiger partial charge on any atom is -0.229 e. The van der Waals surface area contributed by atoms with E-state index >= 15 is 0 Å². The summed E-state index contributed by atoms with van der Waals surface area (Å²) < 4.78 is 0. The van der Waals surface area contributed by atoms with Crippen molar-refractivity contribution >= 4 is 33.3 Å². The number of aromatic nitrogens is 2. The fourth-order valence-corrected chi connectivity index (χ4v) is 4.95. The molecule has 3 rings (SSSR count). The van der Waals surface area contributed by atoms with Gasteiger partial charge >= 0.3 is 0 Å². The summed E-state index contributed by atoms with van der Waals surface area (Å²) in [6, 6.07) is 8.88. The third-order valence-electron chi connectivity index (χ3n) is 4.31. The van der Waals surface area contributed by atoms with Gasteiger partial charge in [-0.05, 0) is 43.4 Å². The molecule has 0 N–H and O–H groups in total. The van der Waals surface area contributed by atoms with Gasteiger partial charge in [0.15, 0.2) is 0 Å². The molecule has 0 fully saturated rings.